The van der Waals surface area contributed by atoms with Gasteiger partial charge in [0.15, 0.2) is 0 Å². The van der Waals surface area contributed by atoms with E-state index in [1.807, 2.05) is 12.1 Å². The Morgan fingerprint density at radius 1 is 1.03 bits per heavy atom. The van der Waals surface area contributed by atoms with Crippen LogP contribution in [-0.2, 0) is 4.74 Å². The molecule has 0 unspecified atom stereocenters. The number of aromatic nitrogens is 4. The first-order valence-corrected chi connectivity index (χ1v) is 12.5. The summed E-state index contributed by atoms with van der Waals surface area (Å²) >= 11 is 0. The number of benzene rings is 2. The van der Waals surface area contributed by atoms with Crippen molar-refractivity contribution in [2.75, 3.05) is 44.3 Å². The Kier molecular flexibility index (Phi) is 6.02. The lowest BCUT2D eigenvalue weighted by atomic mass is 10.0. The summed E-state index contributed by atoms with van der Waals surface area (Å²) in [5.74, 6) is -0.490. The highest BCUT2D eigenvalue weighted by Gasteiger charge is 2.26. The van der Waals surface area contributed by atoms with Crippen LogP contribution in [-0.4, -0.2) is 70.3 Å². The third-order valence-corrected chi connectivity index (χ3v) is 7.38. The number of fused-ring (bicyclic) bond motifs is 1. The fraction of sp³-hybridized carbons (Fsp3) is 0.370. The van der Waals surface area contributed by atoms with Crippen LogP contribution in [0.2, 0.25) is 0 Å². The minimum Gasteiger partial charge on any atom is -0.379 e. The van der Waals surface area contributed by atoms with E-state index in [1.54, 1.807) is 19.1 Å². The molecule has 1 N–H and O–H groups in total. The Bertz CT molecular complexity index is 1410. The summed E-state index contributed by atoms with van der Waals surface area (Å²) in [7, 11) is 0. The summed E-state index contributed by atoms with van der Waals surface area (Å²) in [4.78, 5) is 17.7. The molecule has 0 radical (unpaired) electrons. The average Bonchev–Trinajstić information content (AvgIpc) is 3.32. The van der Waals surface area contributed by atoms with E-state index in [2.05, 4.69) is 37.2 Å². The average molecular weight is 489 g/mol. The van der Waals surface area contributed by atoms with Crippen molar-refractivity contribution >= 4 is 16.7 Å². The Morgan fingerprint density at radius 2 is 1.78 bits per heavy atom. The Balaban J connectivity index is 1.24. The molecule has 2 saturated heterocycles. The maximum absolute atomic E-state index is 14.6. The molecule has 2 aliphatic rings. The van der Waals surface area contributed by atoms with E-state index in [0.29, 0.717) is 28.3 Å². The number of halogens is 1. The molecule has 0 aliphatic carbocycles. The van der Waals surface area contributed by atoms with E-state index < -0.39 is 11.4 Å². The number of piperidine rings is 1. The van der Waals surface area contributed by atoms with Crippen LogP contribution >= 0.6 is 0 Å². The Morgan fingerprint density at radius 3 is 2.50 bits per heavy atom. The van der Waals surface area contributed by atoms with Gasteiger partial charge in [-0.15, -0.1) is 0 Å². The number of H-pyrrole nitrogens is 1. The van der Waals surface area contributed by atoms with Gasteiger partial charge >= 0.3 is 0 Å². The van der Waals surface area contributed by atoms with Crippen LogP contribution in [0, 0.1) is 12.7 Å². The second kappa shape index (κ2) is 9.48. The number of aryl methyl sites for hydroxylation is 1. The van der Waals surface area contributed by atoms with Crippen LogP contribution < -0.4 is 10.5 Å². The van der Waals surface area contributed by atoms with E-state index in [4.69, 9.17) is 4.74 Å². The van der Waals surface area contributed by atoms with Crippen LogP contribution in [0.1, 0.15) is 18.4 Å². The van der Waals surface area contributed by atoms with Gasteiger partial charge in [0.25, 0.3) is 5.56 Å². The molecular formula is C27H29FN6O2. The summed E-state index contributed by atoms with van der Waals surface area (Å²) in [6.45, 7) is 7.58. The van der Waals surface area contributed by atoms with E-state index in [9.17, 15) is 9.18 Å². The van der Waals surface area contributed by atoms with Gasteiger partial charge in [0.2, 0.25) is 0 Å². The van der Waals surface area contributed by atoms with Gasteiger partial charge in [-0.05, 0) is 43.5 Å². The van der Waals surface area contributed by atoms with Crippen molar-refractivity contribution in [2.24, 2.45) is 0 Å². The number of rotatable bonds is 4. The minimum atomic E-state index is -0.490. The first kappa shape index (κ1) is 22.9. The molecule has 6 rings (SSSR count). The number of anilines is 1. The van der Waals surface area contributed by atoms with Gasteiger partial charge < -0.3 is 9.64 Å². The molecule has 0 saturated carbocycles. The summed E-state index contributed by atoms with van der Waals surface area (Å²) in [5, 5.41) is 11.8. The second-order valence-electron chi connectivity index (χ2n) is 9.55. The topological polar surface area (TPSA) is 79.3 Å². The summed E-state index contributed by atoms with van der Waals surface area (Å²) < 4.78 is 21.2. The zero-order valence-electron chi connectivity index (χ0n) is 20.3. The highest BCUT2D eigenvalue weighted by atomic mass is 19.1. The first-order valence-electron chi connectivity index (χ1n) is 12.5. The predicted molar refractivity (Wildman–Crippen MR) is 137 cm³/mol. The number of nitrogens with one attached hydrogen (secondary N) is 1. The number of para-hydroxylation sites is 1. The minimum absolute atomic E-state index is 0.160. The maximum Gasteiger partial charge on any atom is 0.273 e. The molecule has 0 bridgehead atoms. The molecule has 4 aromatic rings. The monoisotopic (exact) mass is 488 g/mol. The second-order valence-corrected chi connectivity index (χ2v) is 9.55. The van der Waals surface area contributed by atoms with Crippen molar-refractivity contribution in [3.63, 3.8) is 0 Å². The Labute approximate surface area is 208 Å². The van der Waals surface area contributed by atoms with E-state index >= 15 is 0 Å². The van der Waals surface area contributed by atoms with Crippen LogP contribution in [0.5, 0.6) is 0 Å². The van der Waals surface area contributed by atoms with Crippen LogP contribution in [0.4, 0.5) is 10.1 Å². The molecule has 36 heavy (non-hydrogen) atoms. The maximum atomic E-state index is 14.6. The predicted octanol–water partition coefficient (Wildman–Crippen LogP) is 3.52. The molecular weight excluding hydrogens is 459 g/mol. The lowest BCUT2D eigenvalue weighted by Crippen LogP contribution is -2.49. The smallest absolute Gasteiger partial charge is 0.273 e. The standard InChI is InChI=1S/C27H29FN6O2/c1-18-3-2-4-22(28)27(18)34-24(35)17-23-26(31-34)25(30-29-23)19-5-7-20(8-6-19)32-11-9-21(10-12-32)33-13-15-36-16-14-33/h2-8,17,21,29H,9-16H2,1H3. The molecule has 2 aliphatic heterocycles. The quantitative estimate of drug-likeness (QED) is 0.474. The fourth-order valence-corrected chi connectivity index (χ4v) is 5.40. The molecule has 4 heterocycles. The zero-order valence-corrected chi connectivity index (χ0v) is 20.3. The summed E-state index contributed by atoms with van der Waals surface area (Å²) in [6, 6.07) is 15.1. The molecule has 186 valence electrons. The zero-order chi connectivity index (χ0) is 24.6. The van der Waals surface area contributed by atoms with Crippen molar-refractivity contribution in [1.29, 1.82) is 0 Å². The van der Waals surface area contributed by atoms with Crippen molar-refractivity contribution in [1.82, 2.24) is 24.9 Å². The van der Waals surface area contributed by atoms with Gasteiger partial charge in [-0.1, -0.05) is 24.3 Å². The molecule has 9 heteroatoms. The lowest BCUT2D eigenvalue weighted by Gasteiger charge is -2.40. The lowest BCUT2D eigenvalue weighted by molar-refractivity contribution is 0.0115. The van der Waals surface area contributed by atoms with E-state index in [-0.39, 0.29) is 5.69 Å². The molecule has 0 amide bonds. The molecule has 0 atom stereocenters. The van der Waals surface area contributed by atoms with Crippen LogP contribution in [0.15, 0.2) is 53.3 Å². The summed E-state index contributed by atoms with van der Waals surface area (Å²) in [5.41, 5.74) is 4.13. The first-order chi connectivity index (χ1) is 17.6. The van der Waals surface area contributed by atoms with E-state index in [1.165, 1.54) is 17.8 Å². The van der Waals surface area contributed by atoms with Crippen LogP contribution in [0.25, 0.3) is 28.0 Å². The number of ether oxygens (including phenoxy) is 1. The molecule has 0 spiro atoms. The molecule has 2 aromatic heterocycles. The largest absolute Gasteiger partial charge is 0.379 e. The molecule has 2 aromatic carbocycles. The van der Waals surface area contributed by atoms with E-state index in [0.717, 1.165) is 62.5 Å². The Hall–Kier alpha value is -3.56. The number of hydrogen-bond acceptors (Lipinski definition) is 6. The third kappa shape index (κ3) is 4.18. The van der Waals surface area contributed by atoms with Gasteiger partial charge in [0, 0.05) is 49.5 Å². The number of aromatic amines is 1. The number of nitrogens with zero attached hydrogens (tertiary/aromatic N) is 5. The van der Waals surface area contributed by atoms with Gasteiger partial charge in [0.05, 0.1) is 18.7 Å². The van der Waals surface area contributed by atoms with Crippen molar-refractivity contribution < 1.29 is 9.13 Å². The van der Waals surface area contributed by atoms with Crippen molar-refractivity contribution in [2.45, 2.75) is 25.8 Å². The van der Waals surface area contributed by atoms with Crippen molar-refractivity contribution in [3.05, 3.63) is 70.3 Å². The molecule has 8 nitrogen and oxygen atoms in total. The highest BCUT2D eigenvalue weighted by Crippen LogP contribution is 2.29. The van der Waals surface area contributed by atoms with Crippen molar-refractivity contribution in [3.8, 4) is 16.9 Å². The number of hydrogen-bond donors (Lipinski definition) is 1. The normalized spacial score (nSPS) is 17.7. The van der Waals surface area contributed by atoms with Crippen LogP contribution in [0.3, 0.4) is 0 Å². The molecule has 2 fully saturated rings. The van der Waals surface area contributed by atoms with Gasteiger partial charge in [-0.25, -0.2) is 4.39 Å². The van der Waals surface area contributed by atoms with Gasteiger partial charge in [0.1, 0.15) is 22.7 Å². The summed E-state index contributed by atoms with van der Waals surface area (Å²) in [6.07, 6.45) is 2.31. The van der Waals surface area contributed by atoms with Gasteiger partial charge in [-0.3, -0.25) is 14.8 Å². The third-order valence-electron chi connectivity index (χ3n) is 7.38. The van der Waals surface area contributed by atoms with Gasteiger partial charge in [-0.2, -0.15) is 14.9 Å². The fourth-order valence-electron chi connectivity index (χ4n) is 5.40. The SMILES string of the molecule is Cc1cccc(F)c1-n1nc2c(-c3ccc(N4CCC(N5CCOCC5)CC4)cc3)n[nH]c2cc1=O. The highest BCUT2D eigenvalue weighted by molar-refractivity contribution is 5.89. The number of morpholine rings is 1.